The molecule has 0 aliphatic heterocycles. The molecular weight excluding hydrogens is 232 g/mol. The molecular formula is C13H26N2O3. The Balaban J connectivity index is 2.76. The highest BCUT2D eigenvalue weighted by Crippen LogP contribution is 2.31. The summed E-state index contributed by atoms with van der Waals surface area (Å²) in [5, 5.41) is 3.38. The van der Waals surface area contributed by atoms with Crippen LogP contribution in [0.3, 0.4) is 0 Å². The molecule has 1 rings (SSSR count). The topological polar surface area (TPSA) is 50.8 Å². The van der Waals surface area contributed by atoms with E-state index in [4.69, 9.17) is 9.47 Å². The van der Waals surface area contributed by atoms with Crippen molar-refractivity contribution in [3.63, 3.8) is 0 Å². The van der Waals surface area contributed by atoms with Gasteiger partial charge in [-0.1, -0.05) is 12.8 Å². The Hall–Kier alpha value is -0.650. The van der Waals surface area contributed by atoms with Crippen molar-refractivity contribution >= 4 is 5.97 Å². The van der Waals surface area contributed by atoms with E-state index in [0.717, 1.165) is 38.8 Å². The molecule has 18 heavy (non-hydrogen) atoms. The maximum Gasteiger partial charge on any atom is 0.328 e. The van der Waals surface area contributed by atoms with Crippen molar-refractivity contribution in [2.75, 3.05) is 41.4 Å². The second-order valence-corrected chi connectivity index (χ2v) is 5.16. The lowest BCUT2D eigenvalue weighted by Gasteiger charge is -2.41. The highest BCUT2D eigenvalue weighted by molar-refractivity contribution is 5.81. The van der Waals surface area contributed by atoms with Crippen LogP contribution in [0.15, 0.2) is 0 Å². The Kier molecular flexibility index (Phi) is 6.05. The Labute approximate surface area is 110 Å². The summed E-state index contributed by atoms with van der Waals surface area (Å²) >= 11 is 0. The normalized spacial score (nSPS) is 28.4. The van der Waals surface area contributed by atoms with Crippen LogP contribution in [0.25, 0.3) is 0 Å². The van der Waals surface area contributed by atoms with Crippen LogP contribution in [0, 0.1) is 0 Å². The zero-order valence-corrected chi connectivity index (χ0v) is 12.0. The first-order valence-electron chi connectivity index (χ1n) is 6.58. The van der Waals surface area contributed by atoms with E-state index in [2.05, 4.69) is 10.2 Å². The van der Waals surface area contributed by atoms with E-state index in [-0.39, 0.29) is 12.1 Å². The van der Waals surface area contributed by atoms with Crippen molar-refractivity contribution in [2.24, 2.45) is 0 Å². The van der Waals surface area contributed by atoms with E-state index in [0.29, 0.717) is 0 Å². The van der Waals surface area contributed by atoms with Crippen molar-refractivity contribution in [1.82, 2.24) is 10.2 Å². The molecule has 0 amide bonds. The number of carbonyl (C=O) groups is 1. The van der Waals surface area contributed by atoms with Gasteiger partial charge in [-0.3, -0.25) is 5.32 Å². The number of methoxy groups -OCH3 is 2. The average molecular weight is 258 g/mol. The Morgan fingerprint density at radius 2 is 2.11 bits per heavy atom. The van der Waals surface area contributed by atoms with Gasteiger partial charge in [0.15, 0.2) is 0 Å². The zero-order valence-electron chi connectivity index (χ0n) is 12.0. The van der Waals surface area contributed by atoms with Gasteiger partial charge < -0.3 is 14.4 Å². The number of hydrogen-bond acceptors (Lipinski definition) is 5. The van der Waals surface area contributed by atoms with Crippen LogP contribution < -0.4 is 5.32 Å². The summed E-state index contributed by atoms with van der Waals surface area (Å²) in [5.41, 5.74) is -0.669. The van der Waals surface area contributed by atoms with Gasteiger partial charge in [0.2, 0.25) is 0 Å². The second-order valence-electron chi connectivity index (χ2n) is 5.16. The minimum atomic E-state index is -0.669. The van der Waals surface area contributed by atoms with Crippen LogP contribution in [0.1, 0.15) is 25.7 Å². The van der Waals surface area contributed by atoms with Gasteiger partial charge in [0.05, 0.1) is 13.2 Å². The molecule has 0 spiro atoms. The minimum Gasteiger partial charge on any atom is -0.468 e. The van der Waals surface area contributed by atoms with E-state index < -0.39 is 5.54 Å². The fourth-order valence-corrected chi connectivity index (χ4v) is 2.65. The molecule has 106 valence electrons. The summed E-state index contributed by atoms with van der Waals surface area (Å²) in [6, 6.07) is 0. The van der Waals surface area contributed by atoms with Gasteiger partial charge >= 0.3 is 5.97 Å². The summed E-state index contributed by atoms with van der Waals surface area (Å²) in [7, 11) is 7.14. The number of hydrogen-bond donors (Lipinski definition) is 1. The summed E-state index contributed by atoms with van der Waals surface area (Å²) in [4.78, 5) is 14.2. The van der Waals surface area contributed by atoms with Crippen LogP contribution in [-0.2, 0) is 14.3 Å². The molecule has 0 radical (unpaired) electrons. The predicted molar refractivity (Wildman–Crippen MR) is 70.6 cm³/mol. The van der Waals surface area contributed by atoms with E-state index in [1.807, 2.05) is 14.1 Å². The molecule has 0 saturated heterocycles. The van der Waals surface area contributed by atoms with Crippen LogP contribution >= 0.6 is 0 Å². The SMILES string of the molecule is COC(=O)C1(NCCN(C)C)CCCCC1OC. The number of nitrogens with one attached hydrogen (secondary N) is 1. The van der Waals surface area contributed by atoms with Gasteiger partial charge in [-0.05, 0) is 26.9 Å². The molecule has 1 fully saturated rings. The molecule has 1 saturated carbocycles. The lowest BCUT2D eigenvalue weighted by Crippen LogP contribution is -2.63. The average Bonchev–Trinajstić information content (AvgIpc) is 2.37. The van der Waals surface area contributed by atoms with Gasteiger partial charge in [0.1, 0.15) is 5.54 Å². The van der Waals surface area contributed by atoms with E-state index in [1.165, 1.54) is 7.11 Å². The first kappa shape index (κ1) is 15.4. The zero-order chi connectivity index (χ0) is 13.6. The van der Waals surface area contributed by atoms with Crippen LogP contribution in [0.4, 0.5) is 0 Å². The molecule has 1 N–H and O–H groups in total. The molecule has 5 heteroatoms. The third-order valence-electron chi connectivity index (χ3n) is 3.67. The van der Waals surface area contributed by atoms with Crippen molar-refractivity contribution in [1.29, 1.82) is 0 Å². The molecule has 0 heterocycles. The van der Waals surface area contributed by atoms with Crippen LogP contribution in [-0.4, -0.2) is 63.9 Å². The third kappa shape index (κ3) is 3.43. The number of ether oxygens (including phenoxy) is 2. The molecule has 0 aromatic heterocycles. The maximum absolute atomic E-state index is 12.2. The predicted octanol–water partition coefficient (Wildman–Crippen LogP) is 0.638. The first-order valence-corrected chi connectivity index (χ1v) is 6.58. The lowest BCUT2D eigenvalue weighted by molar-refractivity contribution is -0.158. The minimum absolute atomic E-state index is 0.0964. The van der Waals surface area contributed by atoms with Crippen LogP contribution in [0.2, 0.25) is 0 Å². The molecule has 1 aliphatic rings. The number of nitrogens with zero attached hydrogens (tertiary/aromatic N) is 1. The largest absolute Gasteiger partial charge is 0.468 e. The van der Waals surface area contributed by atoms with Crippen molar-refractivity contribution in [3.05, 3.63) is 0 Å². The Bertz CT molecular complexity index is 271. The quantitative estimate of drug-likeness (QED) is 0.709. The third-order valence-corrected chi connectivity index (χ3v) is 3.67. The van der Waals surface area contributed by atoms with Gasteiger partial charge in [-0.15, -0.1) is 0 Å². The summed E-state index contributed by atoms with van der Waals surface area (Å²) in [6.07, 6.45) is 3.73. The van der Waals surface area contributed by atoms with E-state index in [1.54, 1.807) is 7.11 Å². The molecule has 0 aromatic carbocycles. The highest BCUT2D eigenvalue weighted by Gasteiger charge is 2.48. The van der Waals surface area contributed by atoms with E-state index in [9.17, 15) is 4.79 Å². The maximum atomic E-state index is 12.2. The number of esters is 1. The van der Waals surface area contributed by atoms with Gasteiger partial charge in [-0.25, -0.2) is 4.79 Å². The Morgan fingerprint density at radius 3 is 2.67 bits per heavy atom. The fourth-order valence-electron chi connectivity index (χ4n) is 2.65. The van der Waals surface area contributed by atoms with Crippen molar-refractivity contribution in [3.8, 4) is 0 Å². The molecule has 0 aromatic rings. The smallest absolute Gasteiger partial charge is 0.328 e. The second kappa shape index (κ2) is 7.07. The Morgan fingerprint density at radius 1 is 1.39 bits per heavy atom. The standard InChI is InChI=1S/C13H26N2O3/c1-15(2)10-9-14-13(12(16)18-4)8-6-5-7-11(13)17-3/h11,14H,5-10H2,1-4H3. The molecule has 5 nitrogen and oxygen atoms in total. The van der Waals surface area contributed by atoms with Crippen molar-refractivity contribution in [2.45, 2.75) is 37.3 Å². The lowest BCUT2D eigenvalue weighted by atomic mass is 9.79. The van der Waals surface area contributed by atoms with E-state index >= 15 is 0 Å². The van der Waals surface area contributed by atoms with Gasteiger partial charge in [0, 0.05) is 20.2 Å². The summed E-state index contributed by atoms with van der Waals surface area (Å²) in [6.45, 7) is 1.64. The highest BCUT2D eigenvalue weighted by atomic mass is 16.5. The summed E-state index contributed by atoms with van der Waals surface area (Å²) in [5.74, 6) is -0.201. The first-order chi connectivity index (χ1) is 8.56. The van der Waals surface area contributed by atoms with Gasteiger partial charge in [0.25, 0.3) is 0 Å². The monoisotopic (exact) mass is 258 g/mol. The number of rotatable bonds is 6. The van der Waals surface area contributed by atoms with Gasteiger partial charge in [-0.2, -0.15) is 0 Å². The number of carbonyl (C=O) groups excluding carboxylic acids is 1. The number of likely N-dealkylation sites (N-methyl/N-ethyl adjacent to an activating group) is 1. The molecule has 2 atom stereocenters. The summed E-state index contributed by atoms with van der Waals surface area (Å²) < 4.78 is 10.5. The van der Waals surface area contributed by atoms with Crippen molar-refractivity contribution < 1.29 is 14.3 Å². The molecule has 1 aliphatic carbocycles. The molecule has 2 unspecified atom stereocenters. The fraction of sp³-hybridized carbons (Fsp3) is 0.923. The van der Waals surface area contributed by atoms with Crippen LogP contribution in [0.5, 0.6) is 0 Å². The molecule has 0 bridgehead atoms.